The molecule has 0 bridgehead atoms. The molecule has 1 aliphatic heterocycles. The molecule has 0 aromatic carbocycles. The van der Waals surface area contributed by atoms with Crippen LogP contribution in [0.3, 0.4) is 0 Å². The van der Waals surface area contributed by atoms with Crippen LogP contribution in [0.25, 0.3) is 0 Å². The van der Waals surface area contributed by atoms with Crippen molar-refractivity contribution in [2.45, 2.75) is 33.1 Å². The maximum atomic E-state index is 11.7. The summed E-state index contributed by atoms with van der Waals surface area (Å²) in [6.45, 7) is 5.85. The molecule has 0 aromatic heterocycles. The summed E-state index contributed by atoms with van der Waals surface area (Å²) in [5.74, 6) is 0.702. The van der Waals surface area contributed by atoms with Crippen molar-refractivity contribution in [2.75, 3.05) is 19.6 Å². The van der Waals surface area contributed by atoms with Crippen molar-refractivity contribution in [2.24, 2.45) is 5.92 Å². The van der Waals surface area contributed by atoms with E-state index in [2.05, 4.69) is 12.2 Å². The summed E-state index contributed by atoms with van der Waals surface area (Å²) in [6, 6.07) is 0. The number of likely N-dealkylation sites (tertiary alicyclic amines) is 1. The molecule has 4 heteroatoms. The minimum absolute atomic E-state index is 0.0742. The van der Waals surface area contributed by atoms with Crippen molar-refractivity contribution in [3.63, 3.8) is 0 Å². The van der Waals surface area contributed by atoms with E-state index in [9.17, 15) is 9.59 Å². The third-order valence-corrected chi connectivity index (χ3v) is 2.72. The van der Waals surface area contributed by atoms with Crippen LogP contribution in [0, 0.1) is 5.92 Å². The molecule has 86 valence electrons. The van der Waals surface area contributed by atoms with Crippen molar-refractivity contribution in [1.29, 1.82) is 0 Å². The van der Waals surface area contributed by atoms with Gasteiger partial charge in [-0.05, 0) is 18.8 Å². The number of rotatable bonds is 3. The molecule has 0 saturated carbocycles. The van der Waals surface area contributed by atoms with Crippen LogP contribution in [-0.4, -0.2) is 36.3 Å². The number of hydrogen-bond acceptors (Lipinski definition) is 2. The van der Waals surface area contributed by atoms with E-state index in [1.165, 1.54) is 13.3 Å². The van der Waals surface area contributed by atoms with E-state index in [-0.39, 0.29) is 11.8 Å². The van der Waals surface area contributed by atoms with Gasteiger partial charge in [0, 0.05) is 33.0 Å². The molecule has 0 radical (unpaired) electrons. The molecule has 1 saturated heterocycles. The fourth-order valence-corrected chi connectivity index (χ4v) is 1.92. The molecular formula is C11H20N2O2. The molecule has 1 heterocycles. The molecule has 1 rings (SSSR count). The van der Waals surface area contributed by atoms with Crippen molar-refractivity contribution >= 4 is 11.8 Å². The third-order valence-electron chi connectivity index (χ3n) is 2.72. The maximum Gasteiger partial charge on any atom is 0.224 e. The minimum Gasteiger partial charge on any atom is -0.356 e. The molecule has 1 N–H and O–H groups in total. The number of nitrogens with zero attached hydrogens (tertiary/aromatic N) is 1. The lowest BCUT2D eigenvalue weighted by Crippen LogP contribution is -2.40. The predicted molar refractivity (Wildman–Crippen MR) is 58.3 cm³/mol. The summed E-state index contributed by atoms with van der Waals surface area (Å²) in [5, 5.41) is 2.64. The highest BCUT2D eigenvalue weighted by atomic mass is 16.2. The first-order valence-electron chi connectivity index (χ1n) is 5.62. The van der Waals surface area contributed by atoms with E-state index in [0.29, 0.717) is 18.9 Å². The number of carbonyl (C=O) groups excluding carboxylic acids is 2. The Balaban J connectivity index is 2.24. The Morgan fingerprint density at radius 3 is 2.80 bits per heavy atom. The van der Waals surface area contributed by atoms with Crippen LogP contribution in [0.1, 0.15) is 33.1 Å². The first-order chi connectivity index (χ1) is 7.09. The van der Waals surface area contributed by atoms with Gasteiger partial charge in [0.25, 0.3) is 0 Å². The van der Waals surface area contributed by atoms with Gasteiger partial charge >= 0.3 is 0 Å². The van der Waals surface area contributed by atoms with Crippen molar-refractivity contribution in [3.8, 4) is 0 Å². The van der Waals surface area contributed by atoms with Crippen molar-refractivity contribution < 1.29 is 9.59 Å². The summed E-state index contributed by atoms with van der Waals surface area (Å²) in [7, 11) is 0. The molecule has 0 aromatic rings. The topological polar surface area (TPSA) is 49.4 Å². The lowest BCUT2D eigenvalue weighted by atomic mass is 10.00. The average molecular weight is 212 g/mol. The highest BCUT2D eigenvalue weighted by Crippen LogP contribution is 2.15. The Bertz CT molecular complexity index is 241. The number of nitrogens with one attached hydrogen (secondary N) is 1. The van der Waals surface area contributed by atoms with E-state index >= 15 is 0 Å². The Kier molecular flexibility index (Phi) is 4.59. The fraction of sp³-hybridized carbons (Fsp3) is 0.818. The van der Waals surface area contributed by atoms with Gasteiger partial charge in [-0.15, -0.1) is 0 Å². The van der Waals surface area contributed by atoms with Gasteiger partial charge in [0.15, 0.2) is 0 Å². The lowest BCUT2D eigenvalue weighted by molar-refractivity contribution is -0.132. The molecule has 2 amide bonds. The van der Waals surface area contributed by atoms with Gasteiger partial charge < -0.3 is 10.2 Å². The SMILES string of the molecule is CC(=O)NCCC(=O)N1CCC[C@H](C)C1. The number of amides is 2. The Morgan fingerprint density at radius 1 is 1.47 bits per heavy atom. The first kappa shape index (κ1) is 12.0. The highest BCUT2D eigenvalue weighted by molar-refractivity contribution is 5.78. The van der Waals surface area contributed by atoms with E-state index in [0.717, 1.165) is 19.5 Å². The van der Waals surface area contributed by atoms with Crippen molar-refractivity contribution in [3.05, 3.63) is 0 Å². The zero-order chi connectivity index (χ0) is 11.3. The largest absolute Gasteiger partial charge is 0.356 e. The van der Waals surface area contributed by atoms with Crippen molar-refractivity contribution in [1.82, 2.24) is 10.2 Å². The Morgan fingerprint density at radius 2 is 2.20 bits per heavy atom. The van der Waals surface area contributed by atoms with E-state index in [4.69, 9.17) is 0 Å². The molecule has 1 aliphatic rings. The molecule has 15 heavy (non-hydrogen) atoms. The molecule has 1 fully saturated rings. The van der Waals surface area contributed by atoms with Gasteiger partial charge in [-0.2, -0.15) is 0 Å². The molecule has 0 unspecified atom stereocenters. The van der Waals surface area contributed by atoms with Crippen LogP contribution >= 0.6 is 0 Å². The second-order valence-corrected chi connectivity index (χ2v) is 4.32. The quantitative estimate of drug-likeness (QED) is 0.751. The zero-order valence-corrected chi connectivity index (χ0v) is 9.58. The van der Waals surface area contributed by atoms with Crippen LogP contribution in [0.15, 0.2) is 0 Å². The summed E-state index contributed by atoms with van der Waals surface area (Å²) in [4.78, 5) is 24.2. The fourth-order valence-electron chi connectivity index (χ4n) is 1.92. The summed E-state index contributed by atoms with van der Waals surface area (Å²) in [5.41, 5.74) is 0. The van der Waals surface area contributed by atoms with Gasteiger partial charge in [-0.3, -0.25) is 9.59 Å². The number of hydrogen-bond donors (Lipinski definition) is 1. The average Bonchev–Trinajstić information content (AvgIpc) is 2.17. The van der Waals surface area contributed by atoms with Gasteiger partial charge in [0.2, 0.25) is 11.8 Å². The van der Waals surface area contributed by atoms with Gasteiger partial charge in [0.05, 0.1) is 0 Å². The number of piperidine rings is 1. The van der Waals surface area contributed by atoms with Gasteiger partial charge in [0.1, 0.15) is 0 Å². The normalized spacial score (nSPS) is 21.2. The lowest BCUT2D eigenvalue weighted by Gasteiger charge is -2.31. The smallest absolute Gasteiger partial charge is 0.224 e. The second-order valence-electron chi connectivity index (χ2n) is 4.32. The summed E-state index contributed by atoms with van der Waals surface area (Å²) >= 11 is 0. The standard InChI is InChI=1S/C11H20N2O2/c1-9-4-3-7-13(8-9)11(15)5-6-12-10(2)14/h9H,3-8H2,1-2H3,(H,12,14)/t9-/m0/s1. The van der Waals surface area contributed by atoms with E-state index in [1.807, 2.05) is 4.90 Å². The van der Waals surface area contributed by atoms with Crippen LogP contribution in [0.4, 0.5) is 0 Å². The number of carbonyl (C=O) groups is 2. The molecule has 0 spiro atoms. The summed E-state index contributed by atoms with van der Waals surface area (Å²) in [6.07, 6.45) is 2.74. The third kappa shape index (κ3) is 4.32. The monoisotopic (exact) mass is 212 g/mol. The van der Waals surface area contributed by atoms with Crippen LogP contribution in [-0.2, 0) is 9.59 Å². The zero-order valence-electron chi connectivity index (χ0n) is 9.58. The van der Waals surface area contributed by atoms with Crippen LogP contribution < -0.4 is 5.32 Å². The molecular weight excluding hydrogens is 192 g/mol. The van der Waals surface area contributed by atoms with E-state index in [1.54, 1.807) is 0 Å². The molecule has 4 nitrogen and oxygen atoms in total. The van der Waals surface area contributed by atoms with E-state index < -0.39 is 0 Å². The Labute approximate surface area is 91.0 Å². The Hall–Kier alpha value is -1.06. The maximum absolute atomic E-state index is 11.7. The minimum atomic E-state index is -0.0742. The van der Waals surface area contributed by atoms with Crippen LogP contribution in [0.2, 0.25) is 0 Å². The first-order valence-corrected chi connectivity index (χ1v) is 5.62. The van der Waals surface area contributed by atoms with Gasteiger partial charge in [-0.25, -0.2) is 0 Å². The highest BCUT2D eigenvalue weighted by Gasteiger charge is 2.20. The van der Waals surface area contributed by atoms with Gasteiger partial charge in [-0.1, -0.05) is 6.92 Å². The van der Waals surface area contributed by atoms with Crippen LogP contribution in [0.5, 0.6) is 0 Å². The second kappa shape index (κ2) is 5.73. The molecule has 0 aliphatic carbocycles. The molecule has 1 atom stereocenters. The summed E-state index contributed by atoms with van der Waals surface area (Å²) < 4.78 is 0. The predicted octanol–water partition coefficient (Wildman–Crippen LogP) is 0.771.